The number of carbonyl (C=O) groups is 5. The molecule has 0 saturated carbocycles. The molecular formula is C108H112BBrClK2N12NaO17. The molecule has 726 valence electrons. The summed E-state index contributed by atoms with van der Waals surface area (Å²) in [6.45, 7) is 7.44. The van der Waals surface area contributed by atoms with Gasteiger partial charge in [-0.3, -0.25) is 33.8 Å². The molecule has 7 unspecified atom stereocenters. The minimum absolute atomic E-state index is 0. The molecule has 8 fully saturated rings. The van der Waals surface area contributed by atoms with Gasteiger partial charge >= 0.3 is 163 Å². The number of aromatic carboxylic acids is 1. The number of hydrogen-bond donors (Lipinski definition) is 3. The van der Waals surface area contributed by atoms with E-state index < -0.39 is 36.5 Å². The van der Waals surface area contributed by atoms with Crippen molar-refractivity contribution in [3.63, 3.8) is 0 Å². The van der Waals surface area contributed by atoms with Gasteiger partial charge in [-0.05, 0) is 264 Å². The van der Waals surface area contributed by atoms with Gasteiger partial charge in [0.15, 0.2) is 0 Å². The number of piperidine rings is 4. The van der Waals surface area contributed by atoms with Crippen molar-refractivity contribution >= 4 is 142 Å². The van der Waals surface area contributed by atoms with Crippen molar-refractivity contribution in [2.24, 2.45) is 0 Å². The van der Waals surface area contributed by atoms with E-state index in [-0.39, 0.29) is 254 Å². The maximum atomic E-state index is 13.6. The van der Waals surface area contributed by atoms with Crippen molar-refractivity contribution in [3.8, 4) is 0 Å². The van der Waals surface area contributed by atoms with E-state index in [0.29, 0.717) is 75.2 Å². The topological polar surface area (TPSA) is 377 Å². The summed E-state index contributed by atoms with van der Waals surface area (Å²) >= 11 is 3.71. The number of alkyl halides is 1. The number of para-hydroxylation sites is 8. The Morgan fingerprint density at radius 2 is 0.699 bits per heavy atom. The Labute approximate surface area is 949 Å². The number of aromatic nitrogens is 8. The van der Waals surface area contributed by atoms with Crippen LogP contribution in [0.1, 0.15) is 241 Å². The summed E-state index contributed by atoms with van der Waals surface area (Å²) in [4.78, 5) is 138. The third-order valence-corrected chi connectivity index (χ3v) is 31.3. The van der Waals surface area contributed by atoms with Crippen LogP contribution in [0.4, 0.5) is 0 Å². The molecule has 0 spiro atoms. The molecule has 29 nitrogen and oxygen atoms in total. The molecule has 12 heterocycles. The molecule has 15 atom stereocenters. The summed E-state index contributed by atoms with van der Waals surface area (Å²) in [5, 5.41) is 40.1. The van der Waals surface area contributed by atoms with Crippen LogP contribution in [0.2, 0.25) is 6.82 Å². The maximum Gasteiger partial charge on any atom is 1.00 e. The molecule has 8 aliphatic heterocycles. The number of benzene rings is 10. The minimum atomic E-state index is -1.26. The number of esters is 3. The van der Waals surface area contributed by atoms with Gasteiger partial charge in [-0.15, -0.1) is 12.4 Å². The van der Waals surface area contributed by atoms with Crippen molar-refractivity contribution in [3.05, 3.63) is 304 Å². The van der Waals surface area contributed by atoms with Gasteiger partial charge < -0.3 is 69.8 Å². The van der Waals surface area contributed by atoms with Crippen LogP contribution in [0.3, 0.4) is 0 Å². The monoisotopic (exact) mass is 2070 g/mol. The summed E-state index contributed by atoms with van der Waals surface area (Å²) in [5.41, 5.74) is 12.0. The fourth-order valence-corrected chi connectivity index (χ4v) is 26.1. The van der Waals surface area contributed by atoms with E-state index in [1.165, 1.54) is 65.7 Å². The molecule has 3 aliphatic carbocycles. The zero-order valence-corrected chi connectivity index (χ0v) is 91.9. The van der Waals surface area contributed by atoms with Gasteiger partial charge in [-0.1, -0.05) is 174 Å². The molecule has 0 radical (unpaired) electrons. The predicted molar refractivity (Wildman–Crippen MR) is 539 cm³/mol. The van der Waals surface area contributed by atoms with Crippen molar-refractivity contribution in [2.45, 2.75) is 239 Å². The van der Waals surface area contributed by atoms with E-state index in [4.69, 9.17) is 24.3 Å². The van der Waals surface area contributed by atoms with Crippen LogP contribution in [0, 0.1) is 0 Å². The zero-order chi connectivity index (χ0) is 95.4. The van der Waals surface area contributed by atoms with Crippen LogP contribution in [-0.2, 0) is 43.2 Å². The van der Waals surface area contributed by atoms with Gasteiger partial charge in [0.05, 0.1) is 64.0 Å². The molecule has 4 N–H and O–H groups in total. The number of rotatable bonds is 15. The van der Waals surface area contributed by atoms with Crippen molar-refractivity contribution in [2.75, 3.05) is 19.8 Å². The number of fused-ring (bicyclic) bond motifs is 12. The predicted octanol–water partition coefficient (Wildman–Crippen LogP) is 7.42. The number of ether oxygens (including phenoxy) is 3. The average Bonchev–Trinajstić information content (AvgIpc) is 1.70. The van der Waals surface area contributed by atoms with Crippen LogP contribution < -0.4 is 165 Å². The van der Waals surface area contributed by atoms with Gasteiger partial charge in [0.2, 0.25) is 22.8 Å². The van der Waals surface area contributed by atoms with Crippen LogP contribution in [0.25, 0.3) is 76.5 Å². The molecule has 11 aliphatic rings. The molecule has 4 aromatic heterocycles. The number of carboxylic acids is 1. The van der Waals surface area contributed by atoms with Gasteiger partial charge in [-0.25, -0.2) is 39.1 Å². The molecule has 25 rings (SSSR count). The molecule has 143 heavy (non-hydrogen) atoms. The Balaban J connectivity index is 0.000000143. The third kappa shape index (κ3) is 21.3. The Morgan fingerprint density at radius 3 is 1.02 bits per heavy atom. The summed E-state index contributed by atoms with van der Waals surface area (Å²) in [6.07, 6.45) is 19.0. The Morgan fingerprint density at radius 1 is 0.420 bits per heavy atom. The first-order valence-electron chi connectivity index (χ1n) is 48.6. The quantitative estimate of drug-likeness (QED) is 0.0171. The third-order valence-electron chi connectivity index (χ3n) is 30.5. The number of hydrogen-bond acceptors (Lipinski definition) is 24. The van der Waals surface area contributed by atoms with Gasteiger partial charge in [-0.2, -0.15) is 0 Å². The van der Waals surface area contributed by atoms with E-state index in [1.54, 1.807) is 47.4 Å². The van der Waals surface area contributed by atoms with Gasteiger partial charge in [0.25, 0.3) is 28.7 Å². The first-order chi connectivity index (χ1) is 67.2. The summed E-state index contributed by atoms with van der Waals surface area (Å²) in [5.74, 6) is -3.22. The second-order valence-corrected chi connectivity index (χ2v) is 39.2. The number of halogens is 2. The number of nitrogens with one attached hydrogen (secondary N) is 1. The number of carbonyl (C=O) groups excluding carboxylic acids is 4. The van der Waals surface area contributed by atoms with Gasteiger partial charge in [0, 0.05) is 89.4 Å². The molecule has 8 saturated heterocycles. The first-order valence-corrected chi connectivity index (χ1v) is 49.5. The van der Waals surface area contributed by atoms with Crippen LogP contribution in [0.5, 0.6) is 0 Å². The van der Waals surface area contributed by atoms with Crippen molar-refractivity contribution < 1.29 is 198 Å². The van der Waals surface area contributed by atoms with Crippen LogP contribution >= 0.6 is 28.3 Å². The summed E-state index contributed by atoms with van der Waals surface area (Å²) in [7, 11) is -0.482. The van der Waals surface area contributed by atoms with Crippen LogP contribution in [-0.4, -0.2) is 174 Å². The standard InChI is InChI=1S/C30H29N3O3.C28H25N3O3.C19H24BN3O4.C18H21N3O3.C12H9Br.CH2O3.ClH.2K.Na.H2O.H/c1-2-36-30(35)28-29(34)33(25-12-4-3-11-24(25)31-28)22-16-20-13-14-21(17-22)32(20)26-15-19-9-5-7-18-8-6-10-23(26)27(18)19;32-27-26(28(33)34)29-22-9-1-2-10-23(22)31(27)20-14-18-11-12-19(15-20)30(18)24-13-17-7-3-5-16-6-4-8-21(24)25(16)17;1-3-27-19(25)17-18(24)22(16-7-5-4-6-15(16)21-17)14-10-12-8-9-13(11-14)23(12)20(2)26;1-2-24-18(23)16-17(22)21(15-6-4-3-5-14(15)20-16)13-9-11-7-8-12(10-13)19-11;13-11-7-9-5-1-3-8-4-2-6-10(11)12(8)9;2-1-4-3;;;;;;/h3-12,20-22,26H,2,13-17H2,1H3;1-10,18-20,24H,11-15H2,(H,33,34);4-7,12-14,26H,3,8-11H2,1-2H3;3-6,11-13,19H,2,7-10H2,1H3;1-6,11H,7H2;1,3H;1H;;;;1H2;/q;;;;;;;3*+1;;-1/p-2/t20-,21+,22?,26?;18-,19+,20?,24?;12-,13+,14?;11-,12+,13?;;;;;;;;. The Kier molecular flexibility index (Phi) is 36.2. The van der Waals surface area contributed by atoms with E-state index >= 15 is 0 Å². The van der Waals surface area contributed by atoms with E-state index in [2.05, 4.69) is 170 Å². The molecule has 35 heteroatoms. The second-order valence-electron chi connectivity index (χ2n) is 38.1. The molecule has 8 bridgehead atoms. The summed E-state index contributed by atoms with van der Waals surface area (Å²) in [6, 6.07) is 73.6. The number of nitrogens with zero attached hydrogens (tertiary/aromatic N) is 11. The molecule has 10 aromatic carbocycles. The van der Waals surface area contributed by atoms with Crippen LogP contribution in [0.15, 0.2) is 225 Å². The van der Waals surface area contributed by atoms with E-state index in [9.17, 15) is 48.5 Å². The minimum Gasteiger partial charge on any atom is -1.00 e. The molecular weight excluding hydrogens is 1960 g/mol. The second kappa shape index (κ2) is 47.5. The summed E-state index contributed by atoms with van der Waals surface area (Å²) < 4.78 is 22.3. The zero-order valence-electron chi connectivity index (χ0n) is 82.3. The number of carboxylic acid groups (broad SMARTS) is 1. The average molecular weight is 2080 g/mol. The van der Waals surface area contributed by atoms with E-state index in [1.807, 2.05) is 95.6 Å². The first kappa shape index (κ1) is 109. The molecule has 14 aromatic rings. The normalized spacial score (nSPS) is 23.4. The maximum absolute atomic E-state index is 13.6. The SMILES string of the molecule is BrC1Cc2cccc3cccc1c23.CCOC(=O)c1nc2ccccc2n(C2C[C@H]3CC[C@@H](C2)N3)c1=O.CCOC(=O)c1nc2ccccc2n(C2C[C@H]3CC[C@@H](C2)N3B(C)O)c1=O.CCOC(=O)c1nc2ccccc2n(C2C[C@H]3CC[C@@H](C2)N3C2Cc3cccc4cccc2c34)c1=O.Cl.O=C(O)c1nc2ccccc2n(C2C[C@H]3CC[C@@H](C2)N3C2Cc3cccc4cccc2c34)c1=O.O=CO[O-].[H-].[K+].[K+].[Na+].[OH-]. The van der Waals surface area contributed by atoms with E-state index in [0.717, 1.165) is 144 Å². The van der Waals surface area contributed by atoms with Gasteiger partial charge in [0.1, 0.15) is 0 Å². The fraction of sp³-hybridized carbons (Fsp3) is 0.380. The van der Waals surface area contributed by atoms with Crippen molar-refractivity contribution in [1.82, 2.24) is 58.1 Å². The smallest absolute Gasteiger partial charge is 1.00 e. The largest absolute Gasteiger partial charge is 1.00 e. The Hall–Kier alpha value is -8.28. The van der Waals surface area contributed by atoms with Crippen molar-refractivity contribution in [1.29, 1.82) is 0 Å². The Bertz CT molecular complexity index is 7350. The molecule has 0 amide bonds. The fourth-order valence-electron chi connectivity index (χ4n) is 25.4.